The van der Waals surface area contributed by atoms with Gasteiger partial charge in [0.1, 0.15) is 11.8 Å². The Bertz CT molecular complexity index is 911. The number of likely N-dealkylation sites (N-methyl/N-ethyl adjacent to an activating group) is 1. The summed E-state index contributed by atoms with van der Waals surface area (Å²) in [6.45, 7) is 0.412. The quantitative estimate of drug-likeness (QED) is 0.607. The van der Waals surface area contributed by atoms with Crippen LogP contribution in [0.4, 0.5) is 0 Å². The zero-order chi connectivity index (χ0) is 22.2. The maximum atomic E-state index is 12.3. The summed E-state index contributed by atoms with van der Waals surface area (Å²) in [7, 11) is 3.15. The van der Waals surface area contributed by atoms with Gasteiger partial charge in [-0.2, -0.15) is 4.98 Å². The number of nitrogens with one attached hydrogen (secondary N) is 2. The number of carbonyl (C=O) groups excluding carboxylic acids is 3. The van der Waals surface area contributed by atoms with Crippen LogP contribution in [0.25, 0.3) is 11.4 Å². The van der Waals surface area contributed by atoms with E-state index in [9.17, 15) is 14.4 Å². The summed E-state index contributed by atoms with van der Waals surface area (Å²) in [4.78, 5) is 42.1. The van der Waals surface area contributed by atoms with Gasteiger partial charge >= 0.3 is 0 Å². The third-order valence-corrected chi connectivity index (χ3v) is 5.17. The Kier molecular flexibility index (Phi) is 7.58. The van der Waals surface area contributed by atoms with Crippen LogP contribution in [0.5, 0.6) is 5.75 Å². The fraction of sp³-hybridized carbons (Fsp3) is 0.476. The average molecular weight is 429 g/mol. The molecule has 2 aromatic rings. The third-order valence-electron chi connectivity index (χ3n) is 5.17. The van der Waals surface area contributed by atoms with Crippen LogP contribution in [0.2, 0.25) is 0 Å². The highest BCUT2D eigenvalue weighted by Crippen LogP contribution is 2.20. The van der Waals surface area contributed by atoms with Crippen molar-refractivity contribution in [1.82, 2.24) is 25.7 Å². The molecule has 3 amide bonds. The van der Waals surface area contributed by atoms with Crippen molar-refractivity contribution in [3.63, 3.8) is 0 Å². The number of benzene rings is 1. The van der Waals surface area contributed by atoms with E-state index in [1.807, 2.05) is 24.3 Å². The van der Waals surface area contributed by atoms with Crippen LogP contribution in [0.15, 0.2) is 28.8 Å². The second-order valence-corrected chi connectivity index (χ2v) is 7.23. The number of ether oxygens (including phenoxy) is 1. The number of hydrogen-bond acceptors (Lipinski definition) is 7. The van der Waals surface area contributed by atoms with Crippen LogP contribution < -0.4 is 15.4 Å². The van der Waals surface area contributed by atoms with Gasteiger partial charge in [0.15, 0.2) is 0 Å². The van der Waals surface area contributed by atoms with E-state index in [0.717, 1.165) is 17.7 Å². The van der Waals surface area contributed by atoms with Crippen molar-refractivity contribution in [2.24, 2.45) is 0 Å². The molecule has 1 saturated heterocycles. The number of methoxy groups -OCH3 is 1. The van der Waals surface area contributed by atoms with Crippen LogP contribution in [-0.4, -0.2) is 66.1 Å². The van der Waals surface area contributed by atoms with Gasteiger partial charge in [-0.1, -0.05) is 5.16 Å². The normalized spacial score (nSPS) is 15.5. The van der Waals surface area contributed by atoms with Crippen molar-refractivity contribution < 1.29 is 23.6 Å². The number of likely N-dealkylation sites (tertiary alicyclic amines) is 1. The first-order valence-corrected chi connectivity index (χ1v) is 10.3. The maximum Gasteiger partial charge on any atom is 0.242 e. The van der Waals surface area contributed by atoms with Gasteiger partial charge < -0.3 is 24.8 Å². The van der Waals surface area contributed by atoms with Gasteiger partial charge in [-0.25, -0.2) is 0 Å². The molecule has 2 heterocycles. The second-order valence-electron chi connectivity index (χ2n) is 7.23. The lowest BCUT2D eigenvalue weighted by Crippen LogP contribution is -2.48. The van der Waals surface area contributed by atoms with Crippen LogP contribution >= 0.6 is 0 Å². The highest BCUT2D eigenvalue weighted by atomic mass is 16.5. The van der Waals surface area contributed by atoms with Gasteiger partial charge in [0.25, 0.3) is 0 Å². The summed E-state index contributed by atoms with van der Waals surface area (Å²) < 4.78 is 10.4. The monoisotopic (exact) mass is 429 g/mol. The summed E-state index contributed by atoms with van der Waals surface area (Å²) in [5, 5.41) is 9.16. The molecule has 1 fully saturated rings. The Morgan fingerprint density at radius 3 is 2.74 bits per heavy atom. The Morgan fingerprint density at radius 2 is 2.03 bits per heavy atom. The minimum absolute atomic E-state index is 0.117. The summed E-state index contributed by atoms with van der Waals surface area (Å²) in [5.41, 5.74) is 0.809. The van der Waals surface area contributed by atoms with Crippen molar-refractivity contribution in [3.8, 4) is 17.1 Å². The number of amides is 3. The molecule has 10 heteroatoms. The Balaban J connectivity index is 1.40. The predicted molar refractivity (Wildman–Crippen MR) is 111 cm³/mol. The van der Waals surface area contributed by atoms with Gasteiger partial charge in [0, 0.05) is 32.0 Å². The number of aryl methyl sites for hydroxylation is 1. The molecule has 10 nitrogen and oxygen atoms in total. The highest BCUT2D eigenvalue weighted by molar-refractivity contribution is 5.90. The van der Waals surface area contributed by atoms with Crippen LogP contribution in [0.3, 0.4) is 0 Å². The topological polar surface area (TPSA) is 127 Å². The first-order chi connectivity index (χ1) is 15.0. The molecular formula is C21H27N5O5. The van der Waals surface area contributed by atoms with Crippen LogP contribution in [-0.2, 0) is 20.8 Å². The van der Waals surface area contributed by atoms with Crippen molar-refractivity contribution in [1.29, 1.82) is 0 Å². The lowest BCUT2D eigenvalue weighted by Gasteiger charge is -2.23. The van der Waals surface area contributed by atoms with Gasteiger partial charge in [0.2, 0.25) is 29.4 Å². The van der Waals surface area contributed by atoms with Crippen LogP contribution in [0.1, 0.15) is 31.6 Å². The summed E-state index contributed by atoms with van der Waals surface area (Å²) in [6.07, 6.45) is 2.61. The zero-order valence-electron chi connectivity index (χ0n) is 17.7. The Hall–Kier alpha value is -3.43. The molecule has 3 rings (SSSR count). The van der Waals surface area contributed by atoms with E-state index in [4.69, 9.17) is 9.26 Å². The molecule has 31 heavy (non-hydrogen) atoms. The Morgan fingerprint density at radius 1 is 1.26 bits per heavy atom. The van der Waals surface area contributed by atoms with Gasteiger partial charge in [-0.15, -0.1) is 0 Å². The van der Waals surface area contributed by atoms with E-state index in [1.54, 1.807) is 14.2 Å². The average Bonchev–Trinajstić information content (AvgIpc) is 3.47. The van der Waals surface area contributed by atoms with Crippen molar-refractivity contribution in [2.75, 3.05) is 27.2 Å². The molecule has 1 aromatic heterocycles. The minimum Gasteiger partial charge on any atom is -0.497 e. The molecule has 0 bridgehead atoms. The molecule has 1 aromatic carbocycles. The van der Waals surface area contributed by atoms with E-state index < -0.39 is 6.04 Å². The van der Waals surface area contributed by atoms with E-state index in [2.05, 4.69) is 20.8 Å². The zero-order valence-corrected chi connectivity index (χ0v) is 17.7. The maximum absolute atomic E-state index is 12.3. The second kappa shape index (κ2) is 10.6. The highest BCUT2D eigenvalue weighted by Gasteiger charge is 2.33. The van der Waals surface area contributed by atoms with Crippen molar-refractivity contribution in [2.45, 2.75) is 38.1 Å². The van der Waals surface area contributed by atoms with Crippen LogP contribution in [0, 0.1) is 0 Å². The molecule has 2 N–H and O–H groups in total. The van der Waals surface area contributed by atoms with E-state index in [-0.39, 0.29) is 30.7 Å². The molecule has 0 saturated carbocycles. The number of hydrogen-bond donors (Lipinski definition) is 2. The molecule has 1 aliphatic rings. The summed E-state index contributed by atoms with van der Waals surface area (Å²) >= 11 is 0. The van der Waals surface area contributed by atoms with E-state index in [1.165, 1.54) is 4.90 Å². The van der Waals surface area contributed by atoms with Crippen molar-refractivity contribution in [3.05, 3.63) is 30.2 Å². The van der Waals surface area contributed by atoms with E-state index >= 15 is 0 Å². The molecular weight excluding hydrogens is 402 g/mol. The lowest BCUT2D eigenvalue weighted by molar-refractivity contribution is -0.138. The SMILES string of the molecule is CNC(=O)C1CCCN1C(=O)CNC(=O)CCCc1nc(-c2ccc(OC)cc2)no1. The lowest BCUT2D eigenvalue weighted by atomic mass is 10.2. The van der Waals surface area contributed by atoms with Gasteiger partial charge in [-0.3, -0.25) is 14.4 Å². The standard InChI is InChI=1S/C21H27N5O5/c1-22-21(29)16-5-4-12-26(16)19(28)13-23-17(27)6-3-7-18-24-20(25-31-18)14-8-10-15(30-2)11-9-14/h8-11,16H,3-7,12-13H2,1-2H3,(H,22,29)(H,23,27). The summed E-state index contributed by atoms with van der Waals surface area (Å²) in [6, 6.07) is 6.86. The largest absolute Gasteiger partial charge is 0.497 e. The van der Waals surface area contributed by atoms with Crippen molar-refractivity contribution >= 4 is 17.7 Å². The fourth-order valence-electron chi connectivity index (χ4n) is 3.48. The number of carbonyl (C=O) groups is 3. The molecule has 166 valence electrons. The number of rotatable bonds is 9. The first-order valence-electron chi connectivity index (χ1n) is 10.3. The molecule has 1 atom stereocenters. The molecule has 1 aliphatic heterocycles. The molecule has 0 spiro atoms. The fourth-order valence-corrected chi connectivity index (χ4v) is 3.48. The molecule has 0 aliphatic carbocycles. The molecule has 1 unspecified atom stereocenters. The van der Waals surface area contributed by atoms with Gasteiger partial charge in [0.05, 0.1) is 13.7 Å². The Labute approximate surface area is 180 Å². The minimum atomic E-state index is -0.452. The smallest absolute Gasteiger partial charge is 0.242 e. The van der Waals surface area contributed by atoms with Gasteiger partial charge in [-0.05, 0) is 43.5 Å². The number of nitrogens with zero attached hydrogens (tertiary/aromatic N) is 3. The first kappa shape index (κ1) is 22.3. The van der Waals surface area contributed by atoms with E-state index in [0.29, 0.717) is 37.5 Å². The third kappa shape index (κ3) is 5.80. The molecule has 0 radical (unpaired) electrons. The predicted octanol–water partition coefficient (Wildman–Crippen LogP) is 0.921. The number of aromatic nitrogens is 2. The summed E-state index contributed by atoms with van der Waals surface area (Å²) in [5.74, 6) is 1.00.